The predicted octanol–water partition coefficient (Wildman–Crippen LogP) is 2.65. The molecular formula is C19H22N2O2S. The van der Waals surface area contributed by atoms with E-state index in [1.807, 2.05) is 62.3 Å². The van der Waals surface area contributed by atoms with Crippen LogP contribution in [0.4, 0.5) is 5.69 Å². The van der Waals surface area contributed by atoms with E-state index in [4.69, 9.17) is 0 Å². The zero-order valence-electron chi connectivity index (χ0n) is 14.2. The molecule has 24 heavy (non-hydrogen) atoms. The van der Waals surface area contributed by atoms with Crippen LogP contribution in [-0.2, 0) is 16.4 Å². The van der Waals surface area contributed by atoms with Gasteiger partial charge in [-0.05, 0) is 36.2 Å². The first-order chi connectivity index (χ1) is 11.4. The van der Waals surface area contributed by atoms with Crippen LogP contribution in [-0.4, -0.2) is 29.1 Å². The van der Waals surface area contributed by atoms with Gasteiger partial charge in [0.25, 0.3) is 0 Å². The van der Waals surface area contributed by atoms with Crippen molar-refractivity contribution in [1.29, 1.82) is 0 Å². The van der Waals surface area contributed by atoms with Gasteiger partial charge >= 0.3 is 0 Å². The number of sulfonamides is 1. The maximum atomic E-state index is 12.2. The fourth-order valence-corrected chi connectivity index (χ4v) is 3.15. The number of anilines is 1. The van der Waals surface area contributed by atoms with E-state index in [0.29, 0.717) is 0 Å². The Balaban J connectivity index is 2.06. The Hall–Kier alpha value is -2.29. The average molecular weight is 342 g/mol. The molecular weight excluding hydrogens is 320 g/mol. The number of nitrogens with zero attached hydrogens (tertiary/aromatic N) is 1. The Kier molecular flexibility index (Phi) is 6.02. The summed E-state index contributed by atoms with van der Waals surface area (Å²) in [5.41, 5.74) is 2.98. The Bertz CT molecular complexity index is 845. The molecule has 0 aromatic heterocycles. The van der Waals surface area contributed by atoms with Crippen molar-refractivity contribution in [2.75, 3.05) is 25.5 Å². The quantitative estimate of drug-likeness (QED) is 0.850. The first-order valence-corrected chi connectivity index (χ1v) is 9.26. The largest absolute Gasteiger partial charge is 0.377 e. The molecule has 2 aromatic rings. The highest BCUT2D eigenvalue weighted by Gasteiger charge is 2.12. The summed E-state index contributed by atoms with van der Waals surface area (Å²) in [7, 11) is 0.366. The van der Waals surface area contributed by atoms with E-state index >= 15 is 0 Å². The van der Waals surface area contributed by atoms with Gasteiger partial charge in [0.1, 0.15) is 0 Å². The molecule has 4 nitrogen and oxygen atoms in total. The molecule has 0 heterocycles. The highest BCUT2D eigenvalue weighted by molar-refractivity contribution is 7.89. The lowest BCUT2D eigenvalue weighted by Crippen LogP contribution is -2.24. The monoisotopic (exact) mass is 342 g/mol. The minimum atomic E-state index is -3.53. The zero-order valence-corrected chi connectivity index (χ0v) is 15.0. The lowest BCUT2D eigenvalue weighted by molar-refractivity contribution is 0.586. The van der Waals surface area contributed by atoms with Gasteiger partial charge in [0, 0.05) is 19.7 Å². The summed E-state index contributed by atoms with van der Waals surface area (Å²) in [6.45, 7) is 2.10. The molecule has 0 bridgehead atoms. The van der Waals surface area contributed by atoms with E-state index in [9.17, 15) is 8.42 Å². The smallest absolute Gasteiger partial charge is 0.241 e. The molecule has 0 saturated heterocycles. The zero-order chi connectivity index (χ0) is 17.6. The Morgan fingerprint density at radius 1 is 1.04 bits per heavy atom. The Labute approximate surface area is 144 Å². The minimum Gasteiger partial charge on any atom is -0.377 e. The van der Waals surface area contributed by atoms with Crippen molar-refractivity contribution in [3.8, 4) is 11.8 Å². The molecule has 2 aromatic carbocycles. The van der Waals surface area contributed by atoms with E-state index in [1.165, 1.54) is 0 Å². The maximum absolute atomic E-state index is 12.2. The molecule has 0 atom stereocenters. The van der Waals surface area contributed by atoms with Gasteiger partial charge in [0.2, 0.25) is 10.0 Å². The number of rotatable bonds is 5. The van der Waals surface area contributed by atoms with Gasteiger partial charge in [-0.3, -0.25) is 0 Å². The Morgan fingerprint density at radius 3 is 2.33 bits per heavy atom. The fourth-order valence-electron chi connectivity index (χ4n) is 2.23. The van der Waals surface area contributed by atoms with Crippen LogP contribution in [0.25, 0.3) is 0 Å². The van der Waals surface area contributed by atoms with Gasteiger partial charge < -0.3 is 4.90 Å². The van der Waals surface area contributed by atoms with E-state index < -0.39 is 10.0 Å². The summed E-state index contributed by atoms with van der Waals surface area (Å²) in [5, 5.41) is 0. The third-order valence-corrected chi connectivity index (χ3v) is 5.02. The first kappa shape index (κ1) is 18.1. The fraction of sp³-hybridized carbons (Fsp3) is 0.263. The van der Waals surface area contributed by atoms with E-state index in [0.717, 1.165) is 23.2 Å². The van der Waals surface area contributed by atoms with Crippen LogP contribution in [0.5, 0.6) is 0 Å². The molecule has 0 saturated carbocycles. The normalized spacial score (nSPS) is 10.8. The topological polar surface area (TPSA) is 49.4 Å². The summed E-state index contributed by atoms with van der Waals surface area (Å²) in [6.07, 6.45) is 0.879. The number of aryl methyl sites for hydroxylation is 1. The molecule has 0 unspecified atom stereocenters. The molecule has 0 aliphatic heterocycles. The van der Waals surface area contributed by atoms with Crippen LogP contribution in [0, 0.1) is 11.8 Å². The number of benzene rings is 2. The lowest BCUT2D eigenvalue weighted by atomic mass is 10.1. The van der Waals surface area contributed by atoms with E-state index in [2.05, 4.69) is 16.6 Å². The Morgan fingerprint density at radius 2 is 1.71 bits per heavy atom. The molecule has 1 N–H and O–H groups in total. The molecule has 2 rings (SSSR count). The van der Waals surface area contributed by atoms with Gasteiger partial charge in [-0.1, -0.05) is 43.0 Å². The third-order valence-electron chi connectivity index (χ3n) is 3.60. The first-order valence-electron chi connectivity index (χ1n) is 7.78. The van der Waals surface area contributed by atoms with Crippen LogP contribution in [0.15, 0.2) is 53.4 Å². The van der Waals surface area contributed by atoms with Gasteiger partial charge in [-0.15, -0.1) is 0 Å². The van der Waals surface area contributed by atoms with Crippen LogP contribution < -0.4 is 9.62 Å². The average Bonchev–Trinajstić information content (AvgIpc) is 2.59. The van der Waals surface area contributed by atoms with Crippen molar-refractivity contribution in [3.63, 3.8) is 0 Å². The number of para-hydroxylation sites is 1. The van der Waals surface area contributed by atoms with Crippen molar-refractivity contribution >= 4 is 15.7 Å². The molecule has 5 heteroatoms. The van der Waals surface area contributed by atoms with Gasteiger partial charge in [-0.2, -0.15) is 4.72 Å². The SMILES string of the molecule is CCc1ccc(S(=O)(=O)NCC#Cc2ccccc2N(C)C)cc1. The predicted molar refractivity (Wildman–Crippen MR) is 98.7 cm³/mol. The van der Waals surface area contributed by atoms with Gasteiger partial charge in [-0.25, -0.2) is 8.42 Å². The molecule has 126 valence electrons. The second-order valence-corrected chi connectivity index (χ2v) is 7.30. The third kappa shape index (κ3) is 4.60. The molecule has 0 aliphatic rings. The van der Waals surface area contributed by atoms with Crippen molar-refractivity contribution in [2.45, 2.75) is 18.2 Å². The number of hydrogen-bond donors (Lipinski definition) is 1. The van der Waals surface area contributed by atoms with E-state index in [1.54, 1.807) is 12.1 Å². The van der Waals surface area contributed by atoms with Crippen molar-refractivity contribution in [2.24, 2.45) is 0 Å². The highest BCUT2D eigenvalue weighted by atomic mass is 32.2. The minimum absolute atomic E-state index is 0.0691. The van der Waals surface area contributed by atoms with Crippen molar-refractivity contribution in [3.05, 3.63) is 59.7 Å². The summed E-state index contributed by atoms with van der Waals surface area (Å²) in [4.78, 5) is 2.24. The summed E-state index contributed by atoms with van der Waals surface area (Å²) < 4.78 is 27.0. The molecule has 0 amide bonds. The summed E-state index contributed by atoms with van der Waals surface area (Å²) >= 11 is 0. The standard InChI is InChI=1S/C19H22N2O2S/c1-4-16-11-13-18(14-12-16)24(22,23)20-15-7-9-17-8-5-6-10-19(17)21(2)3/h5-6,8,10-14,20H,4,15H2,1-3H3. The molecule has 0 spiro atoms. The second-order valence-electron chi connectivity index (χ2n) is 5.54. The van der Waals surface area contributed by atoms with Crippen LogP contribution in [0.1, 0.15) is 18.1 Å². The van der Waals surface area contributed by atoms with Crippen LogP contribution in [0.2, 0.25) is 0 Å². The van der Waals surface area contributed by atoms with Crippen LogP contribution >= 0.6 is 0 Å². The van der Waals surface area contributed by atoms with Gasteiger partial charge in [0.15, 0.2) is 0 Å². The summed E-state index contributed by atoms with van der Waals surface area (Å²) in [6, 6.07) is 14.6. The van der Waals surface area contributed by atoms with Crippen molar-refractivity contribution in [1.82, 2.24) is 4.72 Å². The second kappa shape index (κ2) is 8.00. The maximum Gasteiger partial charge on any atom is 0.241 e. The number of hydrogen-bond acceptors (Lipinski definition) is 3. The number of nitrogens with one attached hydrogen (secondary N) is 1. The van der Waals surface area contributed by atoms with Crippen LogP contribution in [0.3, 0.4) is 0 Å². The van der Waals surface area contributed by atoms with Crippen molar-refractivity contribution < 1.29 is 8.42 Å². The van der Waals surface area contributed by atoms with Gasteiger partial charge in [0.05, 0.1) is 17.1 Å². The highest BCUT2D eigenvalue weighted by Crippen LogP contribution is 2.16. The lowest BCUT2D eigenvalue weighted by Gasteiger charge is -2.13. The molecule has 0 aliphatic carbocycles. The molecule has 0 radical (unpaired) electrons. The van der Waals surface area contributed by atoms with E-state index in [-0.39, 0.29) is 11.4 Å². The molecule has 0 fully saturated rings. The summed E-state index contributed by atoms with van der Waals surface area (Å²) in [5.74, 6) is 5.90.